The van der Waals surface area contributed by atoms with Gasteiger partial charge in [0.25, 0.3) is 0 Å². The Labute approximate surface area is 224 Å². The van der Waals surface area contributed by atoms with Crippen molar-refractivity contribution in [3.8, 4) is 5.75 Å². The lowest BCUT2D eigenvalue weighted by Crippen LogP contribution is -2.19. The minimum absolute atomic E-state index is 0. The smallest absolute Gasteiger partial charge is 0.328 e. The van der Waals surface area contributed by atoms with Crippen LogP contribution in [0.1, 0.15) is 23.2 Å². The molecule has 4 rings (SSSR count). The van der Waals surface area contributed by atoms with Crippen molar-refractivity contribution in [3.05, 3.63) is 88.4 Å². The van der Waals surface area contributed by atoms with Crippen LogP contribution in [-0.2, 0) is 33.5 Å². The van der Waals surface area contributed by atoms with Gasteiger partial charge in [-0.05, 0) is 67.3 Å². The van der Waals surface area contributed by atoms with Gasteiger partial charge in [-0.25, -0.2) is 4.79 Å². The van der Waals surface area contributed by atoms with Gasteiger partial charge in [0, 0.05) is 51.0 Å². The van der Waals surface area contributed by atoms with Crippen LogP contribution in [0.25, 0.3) is 11.0 Å². The van der Waals surface area contributed by atoms with Crippen molar-refractivity contribution < 1.29 is 4.74 Å². The molecule has 0 aliphatic heterocycles. The fourth-order valence-electron chi connectivity index (χ4n) is 3.79. The van der Waals surface area contributed by atoms with Crippen LogP contribution in [0.3, 0.4) is 0 Å². The van der Waals surface area contributed by atoms with Crippen molar-refractivity contribution in [2.24, 2.45) is 14.1 Å². The highest BCUT2D eigenvalue weighted by Gasteiger charge is 2.08. The maximum Gasteiger partial charge on any atom is 0.328 e. The van der Waals surface area contributed by atoms with E-state index in [0.29, 0.717) is 6.61 Å². The number of rotatable bonds is 10. The van der Waals surface area contributed by atoms with E-state index in [9.17, 15) is 4.79 Å². The van der Waals surface area contributed by atoms with Crippen LogP contribution in [0.2, 0.25) is 0 Å². The monoisotopic (exact) mass is 539 g/mol. The predicted octanol–water partition coefficient (Wildman–Crippen LogP) is 4.28. The number of nitrogens with zero attached hydrogens (tertiary/aromatic N) is 4. The molecule has 10 heteroatoms. The fourth-order valence-corrected chi connectivity index (χ4v) is 3.79. The normalized spacial score (nSPS) is 10.2. The number of benzene rings is 1. The summed E-state index contributed by atoms with van der Waals surface area (Å²) in [6, 6.07) is 14.1. The molecular weight excluding hydrogens is 509 g/mol. The molecule has 35 heavy (non-hydrogen) atoms. The minimum atomic E-state index is -0.0299. The summed E-state index contributed by atoms with van der Waals surface area (Å²) in [7, 11) is 3.56. The van der Waals surface area contributed by atoms with E-state index in [1.165, 1.54) is 11.1 Å². The van der Waals surface area contributed by atoms with Crippen LogP contribution < -0.4 is 15.7 Å². The summed E-state index contributed by atoms with van der Waals surface area (Å²) in [5.74, 6) is 0.783. The number of hydrogen-bond acceptors (Lipinski definition) is 5. The lowest BCUT2D eigenvalue weighted by atomic mass is 10.1. The van der Waals surface area contributed by atoms with Crippen molar-refractivity contribution >= 4 is 48.3 Å². The number of ether oxygens (including phenoxy) is 1. The van der Waals surface area contributed by atoms with Gasteiger partial charge in [0.1, 0.15) is 5.75 Å². The predicted molar refractivity (Wildman–Crippen MR) is 148 cm³/mol. The second kappa shape index (κ2) is 14.7. The molecule has 3 heterocycles. The molecule has 4 aromatic rings. The average Bonchev–Trinajstić information content (AvgIpc) is 3.04. The standard InChI is InChI=1S/C25H29N5O2.3ClH/c1-29-23-9-8-22(16-24(23)30(2)25(29)31)32-14-4-12-27-18-20-10-13-28-21(15-20)7-6-19-5-3-11-26-17-19;;;/h3,5,8-11,13,15-17,27H,4,6-7,12,14,18H2,1-2H3;3*1H. The van der Waals surface area contributed by atoms with E-state index in [1.807, 2.05) is 36.7 Å². The van der Waals surface area contributed by atoms with Gasteiger partial charge in [0.05, 0.1) is 17.6 Å². The zero-order valence-electron chi connectivity index (χ0n) is 19.8. The van der Waals surface area contributed by atoms with E-state index in [0.717, 1.165) is 54.8 Å². The third kappa shape index (κ3) is 7.97. The van der Waals surface area contributed by atoms with Gasteiger partial charge in [-0.3, -0.25) is 19.1 Å². The Balaban J connectivity index is 0.00000204. The molecule has 0 atom stereocenters. The van der Waals surface area contributed by atoms with Crippen molar-refractivity contribution in [1.82, 2.24) is 24.4 Å². The largest absolute Gasteiger partial charge is 0.493 e. The Hall–Kier alpha value is -2.58. The molecule has 0 saturated heterocycles. The Kier molecular flexibility index (Phi) is 12.8. The van der Waals surface area contributed by atoms with Crippen molar-refractivity contribution in [1.29, 1.82) is 0 Å². The highest BCUT2D eigenvalue weighted by molar-refractivity contribution is 5.86. The van der Waals surface area contributed by atoms with Crippen LogP contribution in [-0.4, -0.2) is 32.3 Å². The van der Waals surface area contributed by atoms with Crippen molar-refractivity contribution in [2.45, 2.75) is 25.8 Å². The Bertz CT molecular complexity index is 1250. The lowest BCUT2D eigenvalue weighted by Gasteiger charge is -2.09. The molecule has 1 aromatic carbocycles. The van der Waals surface area contributed by atoms with Gasteiger partial charge in [-0.2, -0.15) is 0 Å². The Morgan fingerprint density at radius 3 is 2.49 bits per heavy atom. The molecule has 0 saturated carbocycles. The van der Waals surface area contributed by atoms with Crippen LogP contribution in [0.5, 0.6) is 5.75 Å². The van der Waals surface area contributed by atoms with E-state index in [2.05, 4.69) is 33.5 Å². The van der Waals surface area contributed by atoms with Crippen LogP contribution in [0.4, 0.5) is 0 Å². The molecule has 0 bridgehead atoms. The molecule has 1 N–H and O–H groups in total. The third-order valence-electron chi connectivity index (χ3n) is 5.61. The Morgan fingerprint density at radius 2 is 1.71 bits per heavy atom. The second-order valence-electron chi connectivity index (χ2n) is 7.95. The molecule has 0 amide bonds. The van der Waals surface area contributed by atoms with Gasteiger partial charge >= 0.3 is 5.69 Å². The number of aryl methyl sites for hydroxylation is 4. The zero-order chi connectivity index (χ0) is 22.3. The summed E-state index contributed by atoms with van der Waals surface area (Å²) in [4.78, 5) is 20.7. The minimum Gasteiger partial charge on any atom is -0.493 e. The first-order valence-electron chi connectivity index (χ1n) is 10.9. The van der Waals surface area contributed by atoms with E-state index >= 15 is 0 Å². The van der Waals surface area contributed by atoms with Crippen LogP contribution >= 0.6 is 37.2 Å². The first-order valence-corrected chi connectivity index (χ1v) is 10.9. The summed E-state index contributed by atoms with van der Waals surface area (Å²) in [6.45, 7) is 2.28. The summed E-state index contributed by atoms with van der Waals surface area (Å²) in [5.41, 5.74) is 5.32. The number of aromatic nitrogens is 4. The van der Waals surface area contributed by atoms with Crippen molar-refractivity contribution in [3.63, 3.8) is 0 Å². The van der Waals surface area contributed by atoms with Crippen LogP contribution in [0, 0.1) is 0 Å². The highest BCUT2D eigenvalue weighted by atomic mass is 35.5. The second-order valence-corrected chi connectivity index (χ2v) is 7.95. The van der Waals surface area contributed by atoms with E-state index in [-0.39, 0.29) is 42.9 Å². The van der Waals surface area contributed by atoms with Crippen molar-refractivity contribution in [2.75, 3.05) is 13.2 Å². The van der Waals surface area contributed by atoms with E-state index in [1.54, 1.807) is 29.4 Å². The summed E-state index contributed by atoms with van der Waals surface area (Å²) in [5, 5.41) is 3.47. The maximum atomic E-state index is 12.0. The molecule has 0 unspecified atom stereocenters. The summed E-state index contributed by atoms with van der Waals surface area (Å²) >= 11 is 0. The topological polar surface area (TPSA) is 74.0 Å². The number of halogens is 3. The Morgan fingerprint density at radius 1 is 0.914 bits per heavy atom. The molecule has 0 aliphatic carbocycles. The third-order valence-corrected chi connectivity index (χ3v) is 5.61. The van der Waals surface area contributed by atoms with E-state index in [4.69, 9.17) is 4.74 Å². The molecular formula is C25H32Cl3N5O2. The molecule has 3 aromatic heterocycles. The number of pyridine rings is 2. The average molecular weight is 541 g/mol. The fraction of sp³-hybridized carbons (Fsp3) is 0.320. The first kappa shape index (κ1) is 30.5. The van der Waals surface area contributed by atoms with Gasteiger partial charge in [-0.15, -0.1) is 37.2 Å². The van der Waals surface area contributed by atoms with Crippen LogP contribution in [0.15, 0.2) is 65.8 Å². The van der Waals surface area contributed by atoms with Gasteiger partial charge < -0.3 is 10.1 Å². The van der Waals surface area contributed by atoms with Gasteiger partial charge in [-0.1, -0.05) is 6.07 Å². The number of fused-ring (bicyclic) bond motifs is 1. The molecule has 0 spiro atoms. The van der Waals surface area contributed by atoms with Gasteiger partial charge in [0.15, 0.2) is 0 Å². The summed E-state index contributed by atoms with van der Waals surface area (Å²) in [6.07, 6.45) is 8.33. The zero-order valence-corrected chi connectivity index (χ0v) is 22.3. The number of nitrogens with one attached hydrogen (secondary N) is 1. The SMILES string of the molecule is Cl.Cl.Cl.Cn1c(=O)n(C)c2cc(OCCCNCc3ccnc(CCc4cccnc4)c3)ccc21. The maximum absolute atomic E-state index is 12.0. The van der Waals surface area contributed by atoms with E-state index < -0.39 is 0 Å². The quantitative estimate of drug-likeness (QED) is 0.304. The molecule has 0 fully saturated rings. The number of imidazole rings is 1. The first-order chi connectivity index (χ1) is 15.6. The number of hydrogen-bond donors (Lipinski definition) is 1. The lowest BCUT2D eigenvalue weighted by molar-refractivity contribution is 0.308. The van der Waals surface area contributed by atoms with Gasteiger partial charge in [0.2, 0.25) is 0 Å². The molecule has 190 valence electrons. The molecule has 0 aliphatic rings. The molecule has 0 radical (unpaired) electrons. The molecule has 7 nitrogen and oxygen atoms in total. The summed E-state index contributed by atoms with van der Waals surface area (Å²) < 4.78 is 9.17. The highest BCUT2D eigenvalue weighted by Crippen LogP contribution is 2.19.